The molecule has 0 amide bonds. The van der Waals surface area contributed by atoms with Gasteiger partial charge in [0, 0.05) is 34.1 Å². The number of nitrogens with zero attached hydrogens (tertiary/aromatic N) is 4. The van der Waals surface area contributed by atoms with Gasteiger partial charge in [-0.1, -0.05) is 0 Å². The van der Waals surface area contributed by atoms with Crippen LogP contribution >= 0.6 is 11.3 Å². The van der Waals surface area contributed by atoms with Crippen LogP contribution in [-0.2, 0) is 16.4 Å². The molecule has 4 aromatic rings. The van der Waals surface area contributed by atoms with Crippen molar-refractivity contribution >= 4 is 43.8 Å². The number of alkyl halides is 3. The molecule has 15 heteroatoms. The summed E-state index contributed by atoms with van der Waals surface area (Å²) >= 11 is 1.01. The lowest BCUT2D eigenvalue weighted by Crippen LogP contribution is -2.37. The molecule has 0 saturated carbocycles. The van der Waals surface area contributed by atoms with E-state index in [1.54, 1.807) is 24.3 Å². The molecule has 2 N–H and O–H groups in total. The Hall–Kier alpha value is -3.53. The normalized spacial score (nSPS) is 18.7. The van der Waals surface area contributed by atoms with Gasteiger partial charge in [0.1, 0.15) is 24.0 Å². The highest BCUT2D eigenvalue weighted by Gasteiger charge is 2.33. The smallest absolute Gasteiger partial charge is 0.406 e. The molecule has 240 valence electrons. The number of fused-ring (bicyclic) bond motifs is 1. The predicted molar refractivity (Wildman–Crippen MR) is 167 cm³/mol. The molecule has 1 atom stereocenters. The van der Waals surface area contributed by atoms with Crippen molar-refractivity contribution in [3.8, 4) is 16.2 Å². The van der Waals surface area contributed by atoms with Crippen molar-refractivity contribution in [2.75, 3.05) is 38.5 Å². The van der Waals surface area contributed by atoms with Crippen LogP contribution in [0.25, 0.3) is 21.5 Å². The molecule has 2 aliphatic rings. The summed E-state index contributed by atoms with van der Waals surface area (Å²) in [5.41, 5.74) is -0.580. The first-order valence-electron chi connectivity index (χ1n) is 14.7. The number of ether oxygens (including phenoxy) is 1. The quantitative estimate of drug-likeness (QED) is 0.274. The van der Waals surface area contributed by atoms with Crippen molar-refractivity contribution in [3.05, 3.63) is 58.3 Å². The van der Waals surface area contributed by atoms with E-state index in [4.69, 9.17) is 4.74 Å². The van der Waals surface area contributed by atoms with Gasteiger partial charge in [-0.2, -0.15) is 18.2 Å². The molecule has 10 nitrogen and oxygen atoms in total. The lowest BCUT2D eigenvalue weighted by Gasteiger charge is -2.28. The topological polar surface area (TPSA) is 118 Å². The second-order valence-electron chi connectivity index (χ2n) is 11.5. The lowest BCUT2D eigenvalue weighted by molar-refractivity contribution is -0.140. The Morgan fingerprint density at radius 1 is 1.13 bits per heavy atom. The zero-order valence-corrected chi connectivity index (χ0v) is 26.1. The third-order valence-corrected chi connectivity index (χ3v) is 11.5. The molecule has 0 spiro atoms. The molecule has 2 saturated heterocycles. The molecule has 0 bridgehead atoms. The molecule has 1 unspecified atom stereocenters. The van der Waals surface area contributed by atoms with Gasteiger partial charge < -0.3 is 20.3 Å². The van der Waals surface area contributed by atoms with Gasteiger partial charge in [0.05, 0.1) is 15.7 Å². The number of halogens is 3. The SMILES string of the molecule is CN1CCC(S(=O)(=O)c2csc(-c3cc4cnc(Nc5ccc(OC6CCCNC6)cc5)nc4n(CC(F)(F)F)c3=O)c2)CC1. The highest BCUT2D eigenvalue weighted by molar-refractivity contribution is 7.92. The lowest BCUT2D eigenvalue weighted by atomic mass is 10.1. The third kappa shape index (κ3) is 7.16. The van der Waals surface area contributed by atoms with Gasteiger partial charge in [-0.15, -0.1) is 11.3 Å². The Balaban J connectivity index is 1.29. The average molecular weight is 663 g/mol. The number of aromatic nitrogens is 3. The third-order valence-electron chi connectivity index (χ3n) is 8.10. The van der Waals surface area contributed by atoms with Gasteiger partial charge in [-0.25, -0.2) is 13.4 Å². The number of thiophene rings is 1. The number of anilines is 2. The van der Waals surface area contributed by atoms with E-state index >= 15 is 0 Å². The Morgan fingerprint density at radius 3 is 2.58 bits per heavy atom. The molecule has 0 aliphatic carbocycles. The van der Waals surface area contributed by atoms with E-state index < -0.39 is 33.4 Å². The predicted octanol–water partition coefficient (Wildman–Crippen LogP) is 4.82. The molecular formula is C30H33F3N6O4S2. The van der Waals surface area contributed by atoms with Crippen molar-refractivity contribution in [3.63, 3.8) is 0 Å². The minimum absolute atomic E-state index is 0.0124. The number of rotatable bonds is 8. The Morgan fingerprint density at radius 2 is 1.89 bits per heavy atom. The maximum atomic E-state index is 13.7. The minimum atomic E-state index is -4.71. The summed E-state index contributed by atoms with van der Waals surface area (Å²) in [7, 11) is -1.73. The first kappa shape index (κ1) is 31.5. The number of hydrogen-bond acceptors (Lipinski definition) is 10. The Kier molecular flexibility index (Phi) is 8.87. The summed E-state index contributed by atoms with van der Waals surface area (Å²) in [6.45, 7) is 1.49. The fourth-order valence-corrected chi connectivity index (χ4v) is 8.71. The Bertz CT molecular complexity index is 1830. The van der Waals surface area contributed by atoms with Gasteiger partial charge in [0.2, 0.25) is 5.95 Å². The first-order chi connectivity index (χ1) is 21.5. The van der Waals surface area contributed by atoms with Crippen molar-refractivity contribution in [1.29, 1.82) is 0 Å². The molecule has 3 aromatic heterocycles. The van der Waals surface area contributed by atoms with Crippen LogP contribution < -0.4 is 20.9 Å². The van der Waals surface area contributed by atoms with Crippen LogP contribution in [0.5, 0.6) is 5.75 Å². The van der Waals surface area contributed by atoms with Crippen LogP contribution in [0.15, 0.2) is 57.7 Å². The van der Waals surface area contributed by atoms with Crippen LogP contribution in [0.4, 0.5) is 24.8 Å². The second-order valence-corrected chi connectivity index (χ2v) is 14.6. The summed E-state index contributed by atoms with van der Waals surface area (Å²) in [6.07, 6.45) is -0.303. The maximum absolute atomic E-state index is 13.7. The maximum Gasteiger partial charge on any atom is 0.406 e. The fourth-order valence-electron chi connectivity index (χ4n) is 5.68. The number of nitrogens with one attached hydrogen (secondary N) is 2. The van der Waals surface area contributed by atoms with Crippen molar-refractivity contribution in [1.82, 2.24) is 24.8 Å². The van der Waals surface area contributed by atoms with Gasteiger partial charge >= 0.3 is 6.18 Å². The van der Waals surface area contributed by atoms with Gasteiger partial charge in [0.25, 0.3) is 5.56 Å². The van der Waals surface area contributed by atoms with Crippen LogP contribution in [0.3, 0.4) is 0 Å². The highest BCUT2D eigenvalue weighted by Crippen LogP contribution is 2.33. The molecule has 0 radical (unpaired) electrons. The summed E-state index contributed by atoms with van der Waals surface area (Å²) < 4.78 is 74.3. The number of pyridine rings is 1. The number of likely N-dealkylation sites (tertiary alicyclic amines) is 1. The number of hydrogen-bond donors (Lipinski definition) is 2. The van der Waals surface area contributed by atoms with Crippen molar-refractivity contribution in [2.24, 2.45) is 0 Å². The van der Waals surface area contributed by atoms with E-state index in [9.17, 15) is 26.4 Å². The molecule has 5 heterocycles. The van der Waals surface area contributed by atoms with E-state index in [1.807, 2.05) is 7.05 Å². The number of piperidine rings is 2. The van der Waals surface area contributed by atoms with Crippen LogP contribution in [0.1, 0.15) is 25.7 Å². The largest absolute Gasteiger partial charge is 0.489 e. The zero-order chi connectivity index (χ0) is 31.8. The molecule has 2 aliphatic heterocycles. The molecule has 1 aromatic carbocycles. The molecule has 2 fully saturated rings. The van der Waals surface area contributed by atoms with Crippen LogP contribution in [-0.4, -0.2) is 78.6 Å². The van der Waals surface area contributed by atoms with Crippen LogP contribution in [0, 0.1) is 0 Å². The van der Waals surface area contributed by atoms with Crippen LogP contribution in [0.2, 0.25) is 0 Å². The molecular weight excluding hydrogens is 629 g/mol. The van der Waals surface area contributed by atoms with E-state index in [1.165, 1.54) is 23.7 Å². The van der Waals surface area contributed by atoms with Gasteiger partial charge in [-0.05, 0) is 88.8 Å². The summed E-state index contributed by atoms with van der Waals surface area (Å²) in [5.74, 6) is 0.703. The fraction of sp³-hybridized carbons (Fsp3) is 0.433. The summed E-state index contributed by atoms with van der Waals surface area (Å²) in [5, 5.41) is 7.39. The number of benzene rings is 1. The van der Waals surface area contributed by atoms with Crippen molar-refractivity contribution < 1.29 is 26.3 Å². The zero-order valence-electron chi connectivity index (χ0n) is 24.5. The highest BCUT2D eigenvalue weighted by atomic mass is 32.2. The Labute approximate surface area is 262 Å². The standard InChI is InChI=1S/C30H33F3N6O4S2/c1-38-11-8-23(9-12-38)45(41,42)24-14-26(44-17-24)25-13-19-15-35-29(37-27(19)39(28(25)40)18-30(31,32)33)36-20-4-6-21(7-5-20)43-22-3-2-10-34-16-22/h4-7,13-15,17,22-23,34H,2-3,8-12,16,18H2,1H3,(H,35,36,37). The first-order valence-corrected chi connectivity index (χ1v) is 17.1. The van der Waals surface area contributed by atoms with E-state index in [2.05, 4.69) is 25.5 Å². The summed E-state index contributed by atoms with van der Waals surface area (Å²) in [4.78, 5) is 24.5. The van der Waals surface area contributed by atoms with E-state index in [0.717, 1.165) is 37.3 Å². The second kappa shape index (κ2) is 12.7. The van der Waals surface area contributed by atoms with Gasteiger partial charge in [-0.3, -0.25) is 9.36 Å². The molecule has 45 heavy (non-hydrogen) atoms. The number of sulfone groups is 1. The average Bonchev–Trinajstić information content (AvgIpc) is 3.51. The molecule has 6 rings (SSSR count). The van der Waals surface area contributed by atoms with E-state index in [0.29, 0.717) is 41.9 Å². The summed E-state index contributed by atoms with van der Waals surface area (Å²) in [6, 6.07) is 9.86. The van der Waals surface area contributed by atoms with Crippen molar-refractivity contribution in [2.45, 2.75) is 54.7 Å². The van der Waals surface area contributed by atoms with Gasteiger partial charge in [0.15, 0.2) is 9.84 Å². The van der Waals surface area contributed by atoms with E-state index in [-0.39, 0.29) is 38.4 Å². The minimum Gasteiger partial charge on any atom is -0.489 e. The monoisotopic (exact) mass is 662 g/mol.